The smallest absolute Gasteiger partial charge is 0.248 e. The van der Waals surface area contributed by atoms with Crippen LogP contribution >= 0.6 is 0 Å². The molecule has 0 saturated heterocycles. The van der Waals surface area contributed by atoms with Gasteiger partial charge in [0.25, 0.3) is 0 Å². The van der Waals surface area contributed by atoms with Gasteiger partial charge in [0, 0.05) is 12.6 Å². The molecule has 0 heterocycles. The molecule has 0 aromatic rings. The summed E-state index contributed by atoms with van der Waals surface area (Å²) in [6, 6.07) is 0.388. The van der Waals surface area contributed by atoms with Gasteiger partial charge < -0.3 is 15.4 Å². The lowest BCUT2D eigenvalue weighted by Gasteiger charge is -2.33. The van der Waals surface area contributed by atoms with E-state index in [2.05, 4.69) is 24.5 Å². The predicted octanol–water partition coefficient (Wildman–Crippen LogP) is 1.69. The van der Waals surface area contributed by atoms with Crippen molar-refractivity contribution in [1.82, 2.24) is 10.6 Å². The lowest BCUT2D eigenvalue weighted by Crippen LogP contribution is -2.46. The van der Waals surface area contributed by atoms with Crippen molar-refractivity contribution in [2.75, 3.05) is 13.6 Å². The van der Waals surface area contributed by atoms with E-state index < -0.39 is 0 Å². The minimum atomic E-state index is -0.359. The maximum Gasteiger partial charge on any atom is 0.248 e. The Morgan fingerprint density at radius 2 is 1.94 bits per heavy atom. The van der Waals surface area contributed by atoms with E-state index in [1.807, 2.05) is 14.0 Å². The van der Waals surface area contributed by atoms with E-state index in [-0.39, 0.29) is 18.1 Å². The van der Waals surface area contributed by atoms with E-state index in [0.717, 1.165) is 12.8 Å². The van der Waals surface area contributed by atoms with Crippen LogP contribution in [0.5, 0.6) is 0 Å². The van der Waals surface area contributed by atoms with Crippen molar-refractivity contribution in [1.29, 1.82) is 0 Å². The van der Waals surface area contributed by atoms with Crippen LogP contribution in [0.3, 0.4) is 0 Å². The highest BCUT2D eigenvalue weighted by Crippen LogP contribution is 2.22. The summed E-state index contributed by atoms with van der Waals surface area (Å²) in [6.45, 7) is 6.73. The first kappa shape index (κ1) is 15.4. The highest BCUT2D eigenvalue weighted by molar-refractivity contribution is 5.80. The summed E-state index contributed by atoms with van der Waals surface area (Å²) in [5, 5.41) is 6.21. The van der Waals surface area contributed by atoms with Crippen LogP contribution in [0.2, 0.25) is 0 Å². The highest BCUT2D eigenvalue weighted by Gasteiger charge is 2.27. The molecular formula is C14H28N2O2. The van der Waals surface area contributed by atoms with E-state index in [0.29, 0.717) is 18.5 Å². The first-order chi connectivity index (χ1) is 8.54. The van der Waals surface area contributed by atoms with Gasteiger partial charge in [0.1, 0.15) is 6.10 Å². The Labute approximate surface area is 111 Å². The second-order valence-electron chi connectivity index (χ2n) is 5.64. The number of carbonyl (C=O) groups excluding carboxylic acids is 1. The maximum atomic E-state index is 11.9. The third kappa shape index (κ3) is 4.94. The van der Waals surface area contributed by atoms with Crippen LogP contribution in [-0.2, 0) is 9.53 Å². The summed E-state index contributed by atoms with van der Waals surface area (Å²) < 4.78 is 5.91. The van der Waals surface area contributed by atoms with Gasteiger partial charge in [-0.05, 0) is 32.7 Å². The SMILES string of the molecule is CNC1CCCCC1OC(C)C(=O)NCC(C)C. The molecule has 1 aliphatic rings. The minimum Gasteiger partial charge on any atom is -0.364 e. The Hall–Kier alpha value is -0.610. The quantitative estimate of drug-likeness (QED) is 0.760. The fourth-order valence-corrected chi connectivity index (χ4v) is 2.36. The molecule has 0 aromatic carbocycles. The summed E-state index contributed by atoms with van der Waals surface area (Å²) in [7, 11) is 1.97. The molecule has 1 amide bonds. The number of nitrogens with one attached hydrogen (secondary N) is 2. The van der Waals surface area contributed by atoms with E-state index in [9.17, 15) is 4.79 Å². The molecule has 0 bridgehead atoms. The number of ether oxygens (including phenoxy) is 1. The zero-order chi connectivity index (χ0) is 13.5. The molecule has 1 aliphatic carbocycles. The van der Waals surface area contributed by atoms with E-state index in [4.69, 9.17) is 4.74 Å². The molecule has 4 heteroatoms. The fourth-order valence-electron chi connectivity index (χ4n) is 2.36. The first-order valence-corrected chi connectivity index (χ1v) is 7.15. The number of hydrogen-bond donors (Lipinski definition) is 2. The van der Waals surface area contributed by atoms with Gasteiger partial charge in [-0.3, -0.25) is 4.79 Å². The van der Waals surface area contributed by atoms with Crippen molar-refractivity contribution >= 4 is 5.91 Å². The molecule has 4 nitrogen and oxygen atoms in total. The third-order valence-corrected chi connectivity index (χ3v) is 3.51. The standard InChI is InChI=1S/C14H28N2O2/c1-10(2)9-16-14(17)11(3)18-13-8-6-5-7-12(13)15-4/h10-13,15H,5-9H2,1-4H3,(H,16,17). The van der Waals surface area contributed by atoms with Gasteiger partial charge >= 0.3 is 0 Å². The molecule has 0 spiro atoms. The summed E-state index contributed by atoms with van der Waals surface area (Å²) in [5.41, 5.74) is 0. The number of rotatable bonds is 6. The molecule has 1 saturated carbocycles. The van der Waals surface area contributed by atoms with Crippen LogP contribution in [-0.4, -0.2) is 37.7 Å². The zero-order valence-corrected chi connectivity index (χ0v) is 12.2. The average Bonchev–Trinajstić information content (AvgIpc) is 2.36. The first-order valence-electron chi connectivity index (χ1n) is 7.15. The minimum absolute atomic E-state index is 0.00382. The maximum absolute atomic E-state index is 11.9. The van der Waals surface area contributed by atoms with Crippen molar-refractivity contribution in [2.45, 2.75) is 64.7 Å². The molecular weight excluding hydrogens is 228 g/mol. The monoisotopic (exact) mass is 256 g/mol. The van der Waals surface area contributed by atoms with Crippen LogP contribution in [0.4, 0.5) is 0 Å². The van der Waals surface area contributed by atoms with Crippen molar-refractivity contribution in [3.63, 3.8) is 0 Å². The molecule has 106 valence electrons. The van der Waals surface area contributed by atoms with E-state index >= 15 is 0 Å². The Bertz CT molecular complexity index is 256. The summed E-state index contributed by atoms with van der Waals surface area (Å²) in [6.07, 6.45) is 4.45. The molecule has 3 unspecified atom stereocenters. The van der Waals surface area contributed by atoms with Crippen LogP contribution in [0.1, 0.15) is 46.5 Å². The summed E-state index contributed by atoms with van der Waals surface area (Å²) >= 11 is 0. The van der Waals surface area contributed by atoms with Crippen LogP contribution < -0.4 is 10.6 Å². The van der Waals surface area contributed by atoms with Gasteiger partial charge in [-0.1, -0.05) is 26.7 Å². The molecule has 1 rings (SSSR count). The van der Waals surface area contributed by atoms with Gasteiger partial charge in [-0.25, -0.2) is 0 Å². The average molecular weight is 256 g/mol. The van der Waals surface area contributed by atoms with Gasteiger partial charge in [0.05, 0.1) is 6.10 Å². The van der Waals surface area contributed by atoms with Gasteiger partial charge in [-0.15, -0.1) is 0 Å². The van der Waals surface area contributed by atoms with E-state index in [1.54, 1.807) is 0 Å². The van der Waals surface area contributed by atoms with Crippen molar-refractivity contribution in [2.24, 2.45) is 5.92 Å². The second-order valence-corrected chi connectivity index (χ2v) is 5.64. The number of likely N-dealkylation sites (N-methyl/N-ethyl adjacent to an activating group) is 1. The van der Waals surface area contributed by atoms with Gasteiger partial charge in [-0.2, -0.15) is 0 Å². The molecule has 0 aliphatic heterocycles. The van der Waals surface area contributed by atoms with Crippen LogP contribution in [0, 0.1) is 5.92 Å². The Morgan fingerprint density at radius 1 is 1.28 bits per heavy atom. The lowest BCUT2D eigenvalue weighted by atomic mass is 9.92. The third-order valence-electron chi connectivity index (χ3n) is 3.51. The Morgan fingerprint density at radius 3 is 2.56 bits per heavy atom. The molecule has 0 aromatic heterocycles. The summed E-state index contributed by atoms with van der Waals surface area (Å²) in [5.74, 6) is 0.477. The Kier molecular flexibility index (Phi) is 6.65. The number of carbonyl (C=O) groups is 1. The topological polar surface area (TPSA) is 50.4 Å². The molecule has 18 heavy (non-hydrogen) atoms. The lowest BCUT2D eigenvalue weighted by molar-refractivity contribution is -0.137. The zero-order valence-electron chi connectivity index (χ0n) is 12.2. The van der Waals surface area contributed by atoms with E-state index in [1.165, 1.54) is 12.8 Å². The molecule has 3 atom stereocenters. The van der Waals surface area contributed by atoms with Crippen molar-refractivity contribution in [3.05, 3.63) is 0 Å². The molecule has 1 fully saturated rings. The summed E-state index contributed by atoms with van der Waals surface area (Å²) in [4.78, 5) is 11.9. The molecule has 0 radical (unpaired) electrons. The van der Waals surface area contributed by atoms with Gasteiger partial charge in [0.2, 0.25) is 5.91 Å². The predicted molar refractivity (Wildman–Crippen MR) is 73.5 cm³/mol. The van der Waals surface area contributed by atoms with Crippen LogP contribution in [0.15, 0.2) is 0 Å². The van der Waals surface area contributed by atoms with Crippen LogP contribution in [0.25, 0.3) is 0 Å². The number of hydrogen-bond acceptors (Lipinski definition) is 3. The Balaban J connectivity index is 2.37. The fraction of sp³-hybridized carbons (Fsp3) is 0.929. The highest BCUT2D eigenvalue weighted by atomic mass is 16.5. The number of amides is 1. The second kappa shape index (κ2) is 7.74. The van der Waals surface area contributed by atoms with Crippen molar-refractivity contribution < 1.29 is 9.53 Å². The van der Waals surface area contributed by atoms with Gasteiger partial charge in [0.15, 0.2) is 0 Å². The molecule has 2 N–H and O–H groups in total. The largest absolute Gasteiger partial charge is 0.364 e. The van der Waals surface area contributed by atoms with Crippen molar-refractivity contribution in [3.8, 4) is 0 Å². The normalized spacial score (nSPS) is 26.1.